The first-order valence-corrected chi connectivity index (χ1v) is 20.2. The highest BCUT2D eigenvalue weighted by molar-refractivity contribution is 5.88. The molecule has 4 aliphatic heterocycles. The van der Waals surface area contributed by atoms with Crippen molar-refractivity contribution >= 4 is 17.8 Å². The molecule has 0 aromatic heterocycles. The van der Waals surface area contributed by atoms with Gasteiger partial charge in [0.1, 0.15) is 23.5 Å². The number of aliphatic hydroxyl groups is 1. The van der Waals surface area contributed by atoms with Gasteiger partial charge in [-0.05, 0) is 103 Å². The number of hydrogen-bond donors (Lipinski definition) is 4. The van der Waals surface area contributed by atoms with Crippen LogP contribution in [0.4, 0.5) is 0 Å². The summed E-state index contributed by atoms with van der Waals surface area (Å²) in [6, 6.07) is 0.311. The Labute approximate surface area is 306 Å². The monoisotopic (exact) mass is 719 g/mol. The molecule has 0 radical (unpaired) electrons. The number of fused-ring (bicyclic) bond motifs is 2. The minimum absolute atomic E-state index is 0.0663. The van der Waals surface area contributed by atoms with Gasteiger partial charge in [0.15, 0.2) is 0 Å². The summed E-state index contributed by atoms with van der Waals surface area (Å²) in [6.45, 7) is 14.8. The Bertz CT molecular complexity index is 1260. The van der Waals surface area contributed by atoms with Crippen LogP contribution in [0, 0.1) is 41.4 Å². The summed E-state index contributed by atoms with van der Waals surface area (Å²) in [5, 5.41) is 13.8. The van der Waals surface area contributed by atoms with Crippen molar-refractivity contribution in [1.29, 1.82) is 0 Å². The molecule has 51 heavy (non-hydrogen) atoms. The van der Waals surface area contributed by atoms with E-state index in [2.05, 4.69) is 36.4 Å². The molecule has 5 aliphatic rings. The lowest BCUT2D eigenvalue weighted by molar-refractivity contribution is -0.706. The van der Waals surface area contributed by atoms with Gasteiger partial charge in [-0.25, -0.2) is 4.79 Å². The summed E-state index contributed by atoms with van der Waals surface area (Å²) < 4.78 is 19.6. The standard InChI is InChI=1S/C40H68N4O7/c1-8-25(4)37(47)51-39(5,6)40(20-29-15-27-14-26(10-9-13-45)38(48)49-33(27)18-34(29)50-40)19-28-16-35(41)43-22-30(28)17-36(46)44-23-31(21-42-7)32(44)12-11-24(2)3/h8,24,26-35,42-43,45H,9-23,41H2,1-7H3/p+2/t26?,27?,28?,29?,30?,31-,32+,33?,34?,35?,40+/m0/s1. The fraction of sp³-hybridized carbons (Fsp3) is 0.875. The number of likely N-dealkylation sites (tertiary alicyclic amines) is 1. The lowest BCUT2D eigenvalue weighted by Gasteiger charge is -2.49. The highest BCUT2D eigenvalue weighted by atomic mass is 16.6. The molecule has 0 aromatic carbocycles. The van der Waals surface area contributed by atoms with Crippen molar-refractivity contribution in [3.8, 4) is 0 Å². The van der Waals surface area contributed by atoms with Crippen molar-refractivity contribution in [2.24, 2.45) is 47.2 Å². The molecule has 5 rings (SSSR count). The van der Waals surface area contributed by atoms with Crippen LogP contribution < -0.4 is 16.4 Å². The molecule has 0 spiro atoms. The maximum Gasteiger partial charge on any atom is 0.334 e. The van der Waals surface area contributed by atoms with Crippen LogP contribution in [-0.2, 0) is 28.6 Å². The van der Waals surface area contributed by atoms with Crippen molar-refractivity contribution in [2.75, 3.05) is 33.3 Å². The molecule has 8 unspecified atom stereocenters. The number of rotatable bonds is 15. The quantitative estimate of drug-likeness (QED) is 0.148. The number of hydrogen-bond acceptors (Lipinski definition) is 8. The Balaban J connectivity index is 1.37. The van der Waals surface area contributed by atoms with Crippen molar-refractivity contribution in [3.63, 3.8) is 0 Å². The molecule has 5 fully saturated rings. The molecular weight excluding hydrogens is 648 g/mol. The van der Waals surface area contributed by atoms with Gasteiger partial charge in [0.25, 0.3) is 0 Å². The third-order valence-electron chi connectivity index (χ3n) is 13.5. The summed E-state index contributed by atoms with van der Waals surface area (Å²) in [4.78, 5) is 42.5. The van der Waals surface area contributed by atoms with E-state index >= 15 is 0 Å². The van der Waals surface area contributed by atoms with Crippen LogP contribution in [0.25, 0.3) is 0 Å². The van der Waals surface area contributed by atoms with Crippen LogP contribution in [0.15, 0.2) is 11.6 Å². The van der Waals surface area contributed by atoms with Gasteiger partial charge in [0.2, 0.25) is 5.91 Å². The molecule has 11 atom stereocenters. The van der Waals surface area contributed by atoms with Crippen molar-refractivity contribution < 1.29 is 44.3 Å². The van der Waals surface area contributed by atoms with Gasteiger partial charge < -0.3 is 34.9 Å². The second-order valence-electron chi connectivity index (χ2n) is 17.8. The van der Waals surface area contributed by atoms with Crippen LogP contribution in [-0.4, -0.2) is 96.8 Å². The van der Waals surface area contributed by atoms with Gasteiger partial charge in [-0.15, -0.1) is 0 Å². The fourth-order valence-electron chi connectivity index (χ4n) is 10.2. The zero-order valence-electron chi connectivity index (χ0n) is 32.6. The number of aliphatic hydroxyl groups excluding tert-OH is 1. The predicted octanol–water partition coefficient (Wildman–Crippen LogP) is 2.25. The number of piperidine rings is 1. The van der Waals surface area contributed by atoms with E-state index in [4.69, 9.17) is 19.9 Å². The molecule has 290 valence electrons. The molecule has 0 aromatic rings. The molecule has 4 saturated heterocycles. The van der Waals surface area contributed by atoms with E-state index in [1.807, 2.05) is 20.8 Å². The highest BCUT2D eigenvalue weighted by Gasteiger charge is 2.61. The molecule has 11 nitrogen and oxygen atoms in total. The second-order valence-corrected chi connectivity index (χ2v) is 17.8. The van der Waals surface area contributed by atoms with E-state index in [0.717, 1.165) is 58.2 Å². The van der Waals surface area contributed by atoms with Crippen LogP contribution in [0.1, 0.15) is 112 Å². The van der Waals surface area contributed by atoms with E-state index in [1.165, 1.54) is 0 Å². The van der Waals surface area contributed by atoms with E-state index in [-0.39, 0.29) is 72.4 Å². The number of nitrogens with zero attached hydrogens (tertiary/aromatic N) is 1. The average molecular weight is 719 g/mol. The van der Waals surface area contributed by atoms with Gasteiger partial charge >= 0.3 is 11.9 Å². The largest absolute Gasteiger partial charge is 0.462 e. The third kappa shape index (κ3) is 9.02. The van der Waals surface area contributed by atoms with E-state index in [1.54, 1.807) is 13.0 Å². The lowest BCUT2D eigenvalue weighted by Crippen LogP contribution is -2.96. The number of carbonyl (C=O) groups excluding carboxylic acids is 3. The summed E-state index contributed by atoms with van der Waals surface area (Å²) in [7, 11) is 2.11. The van der Waals surface area contributed by atoms with E-state index in [0.29, 0.717) is 55.6 Å². The number of ether oxygens (including phenoxy) is 3. The van der Waals surface area contributed by atoms with Gasteiger partial charge in [0, 0.05) is 55.9 Å². The van der Waals surface area contributed by atoms with Crippen LogP contribution in [0.2, 0.25) is 0 Å². The Kier molecular flexibility index (Phi) is 13.3. The van der Waals surface area contributed by atoms with Crippen LogP contribution in [0.3, 0.4) is 0 Å². The number of quaternary nitrogens is 2. The second kappa shape index (κ2) is 17.0. The van der Waals surface area contributed by atoms with E-state index in [9.17, 15) is 19.5 Å². The van der Waals surface area contributed by atoms with Crippen molar-refractivity contribution in [3.05, 3.63) is 11.6 Å². The maximum absolute atomic E-state index is 14.1. The van der Waals surface area contributed by atoms with Gasteiger partial charge in [-0.2, -0.15) is 0 Å². The Morgan fingerprint density at radius 2 is 1.90 bits per heavy atom. The Morgan fingerprint density at radius 1 is 1.14 bits per heavy atom. The lowest BCUT2D eigenvalue weighted by atomic mass is 9.66. The minimum Gasteiger partial charge on any atom is -0.462 e. The first-order valence-electron chi connectivity index (χ1n) is 20.2. The van der Waals surface area contributed by atoms with E-state index < -0.39 is 11.2 Å². The number of amides is 1. The molecule has 11 heteroatoms. The normalized spacial score (nSPS) is 37.0. The number of allylic oxidation sites excluding steroid dienone is 1. The number of nitrogens with two attached hydrogens (primary N) is 3. The van der Waals surface area contributed by atoms with Gasteiger partial charge in [0.05, 0.1) is 32.2 Å². The highest BCUT2D eigenvalue weighted by Crippen LogP contribution is 2.55. The summed E-state index contributed by atoms with van der Waals surface area (Å²) in [5.74, 6) is 1.46. The predicted molar refractivity (Wildman–Crippen MR) is 194 cm³/mol. The topological polar surface area (TPSA) is 162 Å². The molecule has 7 N–H and O–H groups in total. The molecule has 1 saturated carbocycles. The van der Waals surface area contributed by atoms with Crippen LogP contribution in [0.5, 0.6) is 0 Å². The van der Waals surface area contributed by atoms with Crippen molar-refractivity contribution in [1.82, 2.24) is 4.90 Å². The zero-order valence-corrected chi connectivity index (χ0v) is 32.6. The third-order valence-corrected chi connectivity index (χ3v) is 13.5. The first kappa shape index (κ1) is 40.1. The zero-order chi connectivity index (χ0) is 37.1. The smallest absolute Gasteiger partial charge is 0.334 e. The summed E-state index contributed by atoms with van der Waals surface area (Å²) in [6.07, 6.45) is 9.76. The molecular formula is C40H70N4O7+2. The maximum atomic E-state index is 14.1. The molecule has 1 aliphatic carbocycles. The SMILES string of the molecule is CC=C(C)C(=O)OC(C)(C)[C@@]1(CC2CC(N)[NH2+]CC2CC(=O)N2C[C@H](C[NH2+]C)[C@H]2CCC(C)C)CC2CC3CC(CCCO)C(=O)OC3CC2O1. The number of carbonyl (C=O) groups is 3. The van der Waals surface area contributed by atoms with Crippen LogP contribution >= 0.6 is 0 Å². The summed E-state index contributed by atoms with van der Waals surface area (Å²) >= 11 is 0. The Morgan fingerprint density at radius 3 is 2.59 bits per heavy atom. The Hall–Kier alpha value is -2.05. The van der Waals surface area contributed by atoms with Gasteiger partial charge in [-0.3, -0.25) is 15.3 Å². The van der Waals surface area contributed by atoms with Gasteiger partial charge in [-0.1, -0.05) is 19.9 Å². The fourth-order valence-corrected chi connectivity index (χ4v) is 10.2. The van der Waals surface area contributed by atoms with Crippen molar-refractivity contribution in [2.45, 2.75) is 148 Å². The minimum atomic E-state index is -0.958. The summed E-state index contributed by atoms with van der Waals surface area (Å²) in [5.41, 5.74) is 5.43. The average Bonchev–Trinajstić information content (AvgIpc) is 3.43. The molecule has 1 amide bonds. The first-order chi connectivity index (χ1) is 24.2. The molecule has 4 heterocycles. The molecule has 0 bridgehead atoms. The number of esters is 2.